The molecule has 3 fully saturated rings. The molecule has 1 aliphatic carbocycles. The van der Waals surface area contributed by atoms with Crippen molar-refractivity contribution in [2.24, 2.45) is 0 Å². The summed E-state index contributed by atoms with van der Waals surface area (Å²) in [6.45, 7) is 4.07. The molecule has 0 radical (unpaired) electrons. The molecule has 1 aromatic carbocycles. The molecule has 3 aromatic heterocycles. The average molecular weight is 642 g/mol. The van der Waals surface area contributed by atoms with Gasteiger partial charge in [-0.25, -0.2) is 14.6 Å². The van der Waals surface area contributed by atoms with E-state index in [-0.39, 0.29) is 25.4 Å². The van der Waals surface area contributed by atoms with Gasteiger partial charge in [-0.2, -0.15) is 5.26 Å². The predicted octanol–water partition coefficient (Wildman–Crippen LogP) is 3.13. The first-order valence-electron chi connectivity index (χ1n) is 16.3. The standard InChI is InChI=1S/C32H39N11O4/c1-21(16-41-20-36-39-40-41)47-30-12-22(2-3-23(30)13-33)24-14-34-32(35-15-24)37-29-17-42(38-31(29)46-11-10-44)25-4-6-26(7-5-25)43-27-8-9-28(43)19-45-18-27/h2-3,12,14-15,17,20-21,25-28,44H,4-11,16,18-19H2,1H3,(H,34,35,37)/t21-,25?,26?,27-,28+/m0/s1. The lowest BCUT2D eigenvalue weighted by molar-refractivity contribution is -0.0458. The van der Waals surface area contributed by atoms with Gasteiger partial charge in [-0.3, -0.25) is 9.58 Å². The molecular formula is C32H39N11O4. The molecule has 3 atom stereocenters. The minimum Gasteiger partial charge on any atom is -0.487 e. The lowest BCUT2D eigenvalue weighted by Crippen LogP contribution is -2.52. The number of tetrazole rings is 1. The Morgan fingerprint density at radius 3 is 2.49 bits per heavy atom. The van der Waals surface area contributed by atoms with Gasteiger partial charge >= 0.3 is 0 Å². The van der Waals surface area contributed by atoms with Gasteiger partial charge in [-0.15, -0.1) is 10.2 Å². The number of morpholine rings is 1. The summed E-state index contributed by atoms with van der Waals surface area (Å²) in [5.74, 6) is 1.25. The average Bonchev–Trinajstić information content (AvgIpc) is 3.82. The van der Waals surface area contributed by atoms with E-state index < -0.39 is 0 Å². The first-order valence-corrected chi connectivity index (χ1v) is 16.3. The summed E-state index contributed by atoms with van der Waals surface area (Å²) in [7, 11) is 0. The Kier molecular flexibility index (Phi) is 9.23. The van der Waals surface area contributed by atoms with Crippen LogP contribution in [0.5, 0.6) is 11.6 Å². The van der Waals surface area contributed by atoms with Gasteiger partial charge in [-0.05, 0) is 73.6 Å². The summed E-state index contributed by atoms with van der Waals surface area (Å²) in [5, 5.41) is 38.2. The predicted molar refractivity (Wildman–Crippen MR) is 169 cm³/mol. The van der Waals surface area contributed by atoms with E-state index in [2.05, 4.69) is 41.8 Å². The highest BCUT2D eigenvalue weighted by molar-refractivity contribution is 5.67. The molecule has 3 aliphatic rings. The van der Waals surface area contributed by atoms with Crippen molar-refractivity contribution in [2.45, 2.75) is 82.3 Å². The Labute approximate surface area is 272 Å². The molecule has 7 rings (SSSR count). The fraction of sp³-hybridized carbons (Fsp3) is 0.531. The molecule has 1 saturated carbocycles. The Morgan fingerprint density at radius 2 is 1.79 bits per heavy atom. The maximum absolute atomic E-state index is 9.64. The molecule has 2 N–H and O–H groups in total. The summed E-state index contributed by atoms with van der Waals surface area (Å²) in [6.07, 6.45) is 13.5. The summed E-state index contributed by atoms with van der Waals surface area (Å²) < 4.78 is 21.3. The highest BCUT2D eigenvalue weighted by atomic mass is 16.5. The summed E-state index contributed by atoms with van der Waals surface area (Å²) in [5.41, 5.74) is 2.63. The molecular weight excluding hydrogens is 602 g/mol. The van der Waals surface area contributed by atoms with Crippen LogP contribution in [0, 0.1) is 11.3 Å². The van der Waals surface area contributed by atoms with E-state index in [0.29, 0.717) is 53.5 Å². The van der Waals surface area contributed by atoms with Crippen molar-refractivity contribution in [3.63, 3.8) is 0 Å². The highest BCUT2D eigenvalue weighted by Gasteiger charge is 2.42. The van der Waals surface area contributed by atoms with Crippen molar-refractivity contribution in [1.82, 2.24) is 44.9 Å². The third-order valence-electron chi connectivity index (χ3n) is 9.28. The van der Waals surface area contributed by atoms with Crippen LogP contribution < -0.4 is 14.8 Å². The van der Waals surface area contributed by atoms with Crippen molar-refractivity contribution >= 4 is 11.6 Å². The van der Waals surface area contributed by atoms with E-state index in [0.717, 1.165) is 50.0 Å². The number of rotatable bonds is 12. The maximum Gasteiger partial charge on any atom is 0.257 e. The number of ether oxygens (including phenoxy) is 3. The van der Waals surface area contributed by atoms with E-state index in [1.54, 1.807) is 23.1 Å². The van der Waals surface area contributed by atoms with Gasteiger partial charge in [0.25, 0.3) is 5.88 Å². The molecule has 0 spiro atoms. The Bertz CT molecular complexity index is 1650. The lowest BCUT2D eigenvalue weighted by atomic mass is 9.89. The Hall–Kier alpha value is -4.65. The third-order valence-corrected chi connectivity index (χ3v) is 9.28. The number of hydrogen-bond acceptors (Lipinski definition) is 13. The summed E-state index contributed by atoms with van der Waals surface area (Å²) >= 11 is 0. The number of hydrogen-bond donors (Lipinski definition) is 2. The topological polar surface area (TPSA) is 174 Å². The van der Waals surface area contributed by atoms with Crippen LogP contribution >= 0.6 is 0 Å². The zero-order valence-corrected chi connectivity index (χ0v) is 26.4. The molecule has 15 heteroatoms. The van der Waals surface area contributed by atoms with Gasteiger partial charge in [0.1, 0.15) is 36.5 Å². The molecule has 2 bridgehead atoms. The molecule has 47 heavy (non-hydrogen) atoms. The van der Waals surface area contributed by atoms with Gasteiger partial charge in [-0.1, -0.05) is 6.07 Å². The first kappa shape index (κ1) is 31.0. The van der Waals surface area contributed by atoms with E-state index in [1.165, 1.54) is 19.2 Å². The van der Waals surface area contributed by atoms with Gasteiger partial charge in [0, 0.05) is 36.1 Å². The second-order valence-corrected chi connectivity index (χ2v) is 12.4. The summed E-state index contributed by atoms with van der Waals surface area (Å²) in [4.78, 5) is 11.8. The van der Waals surface area contributed by atoms with E-state index in [9.17, 15) is 10.4 Å². The number of anilines is 2. The Morgan fingerprint density at radius 1 is 1.04 bits per heavy atom. The van der Waals surface area contributed by atoms with E-state index >= 15 is 0 Å². The summed E-state index contributed by atoms with van der Waals surface area (Å²) in [6, 6.07) is 9.58. The smallest absolute Gasteiger partial charge is 0.257 e. The fourth-order valence-electron chi connectivity index (χ4n) is 7.11. The fourth-order valence-corrected chi connectivity index (χ4v) is 7.11. The number of nitrogens with one attached hydrogen (secondary N) is 1. The first-order chi connectivity index (χ1) is 23.1. The molecule has 15 nitrogen and oxygen atoms in total. The van der Waals surface area contributed by atoms with Crippen molar-refractivity contribution in [1.29, 1.82) is 5.26 Å². The SMILES string of the molecule is C[C@@H](Cn1cnnn1)Oc1cc(-c2cnc(Nc3cn(C4CCC(N5[C@@H]6CC[C@H]5COC6)CC4)nc3OCCO)nc2)ccc1C#N. The minimum absolute atomic E-state index is 0.114. The van der Waals surface area contributed by atoms with Crippen LogP contribution in [-0.4, -0.2) is 101 Å². The third kappa shape index (κ3) is 6.90. The number of aliphatic hydroxyl groups excluding tert-OH is 1. The monoisotopic (exact) mass is 641 g/mol. The molecule has 246 valence electrons. The molecule has 0 amide bonds. The van der Waals surface area contributed by atoms with Crippen molar-refractivity contribution in [3.05, 3.63) is 48.7 Å². The zero-order valence-electron chi connectivity index (χ0n) is 26.4. The molecule has 4 aromatic rings. The van der Waals surface area contributed by atoms with Gasteiger partial charge in [0.2, 0.25) is 5.95 Å². The quantitative estimate of drug-likeness (QED) is 0.231. The van der Waals surface area contributed by atoms with Crippen LogP contribution in [-0.2, 0) is 11.3 Å². The van der Waals surface area contributed by atoms with Crippen LogP contribution in [0.3, 0.4) is 0 Å². The highest BCUT2D eigenvalue weighted by Crippen LogP contribution is 2.39. The molecule has 0 unspecified atom stereocenters. The maximum atomic E-state index is 9.64. The van der Waals surface area contributed by atoms with Crippen molar-refractivity contribution in [2.75, 3.05) is 31.7 Å². The van der Waals surface area contributed by atoms with Gasteiger partial charge in [0.05, 0.1) is 44.2 Å². The van der Waals surface area contributed by atoms with E-state index in [1.807, 2.05) is 29.9 Å². The molecule has 2 saturated heterocycles. The normalized spacial score (nSPS) is 23.3. The van der Waals surface area contributed by atoms with Crippen LogP contribution in [0.25, 0.3) is 11.1 Å². The second kappa shape index (κ2) is 14.0. The minimum atomic E-state index is -0.276. The number of fused-ring (bicyclic) bond motifs is 2. The number of aliphatic hydroxyl groups is 1. The van der Waals surface area contributed by atoms with Crippen LogP contribution in [0.4, 0.5) is 11.6 Å². The number of benzene rings is 1. The number of aromatic nitrogens is 8. The molecule has 2 aliphatic heterocycles. The molecule has 5 heterocycles. The zero-order chi connectivity index (χ0) is 32.2. The lowest BCUT2D eigenvalue weighted by Gasteiger charge is -2.43. The van der Waals surface area contributed by atoms with Crippen LogP contribution in [0.1, 0.15) is 57.1 Å². The number of nitrogens with zero attached hydrogens (tertiary/aromatic N) is 10. The Balaban J connectivity index is 1.02. The van der Waals surface area contributed by atoms with Gasteiger partial charge < -0.3 is 24.6 Å². The van der Waals surface area contributed by atoms with Gasteiger partial charge in [0.15, 0.2) is 0 Å². The van der Waals surface area contributed by atoms with Crippen molar-refractivity contribution < 1.29 is 19.3 Å². The van der Waals surface area contributed by atoms with Crippen molar-refractivity contribution in [3.8, 4) is 28.8 Å². The van der Waals surface area contributed by atoms with Crippen LogP contribution in [0.15, 0.2) is 43.1 Å². The van der Waals surface area contributed by atoms with E-state index in [4.69, 9.17) is 19.3 Å². The second-order valence-electron chi connectivity index (χ2n) is 12.4. The largest absolute Gasteiger partial charge is 0.487 e. The van der Waals surface area contributed by atoms with Crippen LogP contribution in [0.2, 0.25) is 0 Å². The number of nitriles is 1.